The summed E-state index contributed by atoms with van der Waals surface area (Å²) in [5.74, 6) is -2.64. The fourth-order valence-electron chi connectivity index (χ4n) is 0.469. The number of halogens is 3. The summed E-state index contributed by atoms with van der Waals surface area (Å²) in [6.45, 7) is 3.83. The summed E-state index contributed by atoms with van der Waals surface area (Å²) in [5.41, 5.74) is 5.46. The van der Waals surface area contributed by atoms with Crippen LogP contribution < -0.4 is 11.1 Å². The predicted octanol–water partition coefficient (Wildman–Crippen LogP) is 0.349. The summed E-state index contributed by atoms with van der Waals surface area (Å²) < 4.78 is 31.7. The average molecular weight is 244 g/mol. The number of hydrogen-bond acceptors (Lipinski definition) is 3. The molecule has 0 radical (unpaired) electrons. The number of likely N-dealkylation sites (N-methyl/N-ethyl adjacent to an activating group) is 1. The van der Waals surface area contributed by atoms with E-state index in [1.54, 1.807) is 7.05 Å². The maximum atomic E-state index is 10.7. The number of hydrogen-bond donors (Lipinski definition) is 3. The number of carboxylic acid groups (broad SMARTS) is 1. The molecule has 0 bridgehead atoms. The molecule has 4 N–H and O–H groups in total. The lowest BCUT2D eigenvalue weighted by Gasteiger charge is -2.12. The SMILES string of the molecule is CNC(=O)C(N)C(C)C.O=C(O)C(F)(F)F. The number of aliphatic carboxylic acids is 1. The van der Waals surface area contributed by atoms with Gasteiger partial charge in [-0.15, -0.1) is 0 Å². The number of carboxylic acids is 1. The van der Waals surface area contributed by atoms with Crippen LogP contribution in [0.1, 0.15) is 13.8 Å². The molecule has 0 saturated heterocycles. The van der Waals surface area contributed by atoms with Gasteiger partial charge in [0.1, 0.15) is 0 Å². The van der Waals surface area contributed by atoms with Crippen LogP contribution in [-0.2, 0) is 9.59 Å². The van der Waals surface area contributed by atoms with E-state index in [4.69, 9.17) is 15.6 Å². The molecule has 0 aromatic heterocycles. The van der Waals surface area contributed by atoms with Gasteiger partial charge < -0.3 is 16.2 Å². The molecule has 1 atom stereocenters. The minimum atomic E-state index is -5.08. The lowest BCUT2D eigenvalue weighted by Crippen LogP contribution is -2.42. The molecule has 0 heterocycles. The number of carbonyl (C=O) groups is 2. The molecule has 0 aliphatic carbocycles. The van der Waals surface area contributed by atoms with Gasteiger partial charge in [-0.1, -0.05) is 13.8 Å². The minimum absolute atomic E-state index is 0.0926. The van der Waals surface area contributed by atoms with E-state index in [1.807, 2.05) is 13.8 Å². The highest BCUT2D eigenvalue weighted by atomic mass is 19.4. The van der Waals surface area contributed by atoms with Gasteiger partial charge in [0.2, 0.25) is 5.91 Å². The molecule has 0 aliphatic heterocycles. The van der Waals surface area contributed by atoms with E-state index in [1.165, 1.54) is 0 Å². The fraction of sp³-hybridized carbons (Fsp3) is 0.750. The Morgan fingerprint density at radius 3 is 1.69 bits per heavy atom. The molecule has 1 amide bonds. The van der Waals surface area contributed by atoms with E-state index < -0.39 is 12.1 Å². The third kappa shape index (κ3) is 8.04. The van der Waals surface area contributed by atoms with Crippen LogP contribution in [0, 0.1) is 5.92 Å². The van der Waals surface area contributed by atoms with Crippen LogP contribution in [0.15, 0.2) is 0 Å². The molecule has 0 aromatic rings. The smallest absolute Gasteiger partial charge is 0.475 e. The normalized spacial score (nSPS) is 12.5. The van der Waals surface area contributed by atoms with Crippen LogP contribution in [0.25, 0.3) is 0 Å². The highest BCUT2D eigenvalue weighted by Crippen LogP contribution is 2.13. The maximum absolute atomic E-state index is 10.7. The largest absolute Gasteiger partial charge is 0.490 e. The first-order chi connectivity index (χ1) is 7.03. The number of amides is 1. The van der Waals surface area contributed by atoms with Crippen molar-refractivity contribution >= 4 is 11.9 Å². The first kappa shape index (κ1) is 17.1. The molecular formula is C8H15F3N2O3. The zero-order valence-electron chi connectivity index (χ0n) is 9.13. The lowest BCUT2D eigenvalue weighted by molar-refractivity contribution is -0.192. The summed E-state index contributed by atoms with van der Waals surface area (Å²) >= 11 is 0. The van der Waals surface area contributed by atoms with Crippen molar-refractivity contribution in [2.75, 3.05) is 7.05 Å². The molecular weight excluding hydrogens is 229 g/mol. The number of rotatable bonds is 2. The van der Waals surface area contributed by atoms with Crippen molar-refractivity contribution in [1.29, 1.82) is 0 Å². The van der Waals surface area contributed by atoms with Crippen molar-refractivity contribution in [1.82, 2.24) is 5.32 Å². The second kappa shape index (κ2) is 7.04. The molecule has 0 saturated carbocycles. The number of carbonyl (C=O) groups excluding carboxylic acids is 1. The molecule has 0 aliphatic rings. The summed E-state index contributed by atoms with van der Waals surface area (Å²) in [4.78, 5) is 19.6. The lowest BCUT2D eigenvalue weighted by atomic mass is 10.1. The average Bonchev–Trinajstić information content (AvgIpc) is 2.14. The Balaban J connectivity index is 0. The van der Waals surface area contributed by atoms with E-state index in [0.717, 1.165) is 0 Å². The minimum Gasteiger partial charge on any atom is -0.475 e. The molecule has 1 unspecified atom stereocenters. The summed E-state index contributed by atoms with van der Waals surface area (Å²) in [7, 11) is 1.59. The molecule has 0 rings (SSSR count). The first-order valence-electron chi connectivity index (χ1n) is 4.31. The van der Waals surface area contributed by atoms with Crippen molar-refractivity contribution in [2.24, 2.45) is 11.7 Å². The Morgan fingerprint density at radius 1 is 1.31 bits per heavy atom. The topological polar surface area (TPSA) is 92.4 Å². The van der Waals surface area contributed by atoms with E-state index in [-0.39, 0.29) is 17.9 Å². The van der Waals surface area contributed by atoms with Crippen LogP contribution >= 0.6 is 0 Å². The summed E-state index contributed by atoms with van der Waals surface area (Å²) in [6.07, 6.45) is -5.08. The Bertz CT molecular complexity index is 241. The van der Waals surface area contributed by atoms with Crippen molar-refractivity contribution in [3.8, 4) is 0 Å². The zero-order valence-corrected chi connectivity index (χ0v) is 9.13. The van der Waals surface area contributed by atoms with Crippen molar-refractivity contribution in [2.45, 2.75) is 26.1 Å². The second-order valence-corrected chi connectivity index (χ2v) is 3.19. The third-order valence-corrected chi connectivity index (χ3v) is 1.51. The molecule has 8 heteroatoms. The Labute approximate surface area is 90.8 Å². The van der Waals surface area contributed by atoms with Gasteiger partial charge in [0.25, 0.3) is 0 Å². The van der Waals surface area contributed by atoms with Crippen LogP contribution in [0.3, 0.4) is 0 Å². The zero-order chi connectivity index (χ0) is 13.5. The predicted molar refractivity (Wildman–Crippen MR) is 50.6 cm³/mol. The van der Waals surface area contributed by atoms with Crippen molar-refractivity contribution in [3.05, 3.63) is 0 Å². The van der Waals surface area contributed by atoms with Gasteiger partial charge in [0.05, 0.1) is 6.04 Å². The molecule has 16 heavy (non-hydrogen) atoms. The van der Waals surface area contributed by atoms with E-state index in [2.05, 4.69) is 5.32 Å². The Hall–Kier alpha value is -1.31. The summed E-state index contributed by atoms with van der Waals surface area (Å²) in [6, 6.07) is -0.366. The Morgan fingerprint density at radius 2 is 1.62 bits per heavy atom. The van der Waals surface area contributed by atoms with Gasteiger partial charge >= 0.3 is 12.1 Å². The van der Waals surface area contributed by atoms with Gasteiger partial charge in [0.15, 0.2) is 0 Å². The highest BCUT2D eigenvalue weighted by molar-refractivity contribution is 5.81. The molecule has 5 nitrogen and oxygen atoms in total. The van der Waals surface area contributed by atoms with Crippen LogP contribution in [-0.4, -0.2) is 36.2 Å². The van der Waals surface area contributed by atoms with Crippen molar-refractivity contribution < 1.29 is 27.9 Å². The van der Waals surface area contributed by atoms with E-state index >= 15 is 0 Å². The third-order valence-electron chi connectivity index (χ3n) is 1.51. The van der Waals surface area contributed by atoms with Gasteiger partial charge in [-0.05, 0) is 5.92 Å². The molecule has 96 valence electrons. The van der Waals surface area contributed by atoms with Gasteiger partial charge in [-0.2, -0.15) is 13.2 Å². The Kier molecular flexibility index (Phi) is 7.53. The maximum Gasteiger partial charge on any atom is 0.490 e. The van der Waals surface area contributed by atoms with E-state index in [9.17, 15) is 18.0 Å². The standard InChI is InChI=1S/C6H14N2O.C2HF3O2/c1-4(2)5(7)6(9)8-3;3-2(4,5)1(6)7/h4-5H,7H2,1-3H3,(H,8,9);(H,6,7). The highest BCUT2D eigenvalue weighted by Gasteiger charge is 2.38. The van der Waals surface area contributed by atoms with Crippen LogP contribution in [0.4, 0.5) is 13.2 Å². The monoisotopic (exact) mass is 244 g/mol. The van der Waals surface area contributed by atoms with Gasteiger partial charge in [0, 0.05) is 7.05 Å². The quantitative estimate of drug-likeness (QED) is 0.653. The molecule has 0 fully saturated rings. The fourth-order valence-corrected chi connectivity index (χ4v) is 0.469. The first-order valence-corrected chi connectivity index (χ1v) is 4.31. The number of nitrogens with two attached hydrogens (primary N) is 1. The molecule has 0 spiro atoms. The van der Waals surface area contributed by atoms with E-state index in [0.29, 0.717) is 0 Å². The van der Waals surface area contributed by atoms with Crippen LogP contribution in [0.5, 0.6) is 0 Å². The number of nitrogens with one attached hydrogen (secondary N) is 1. The number of alkyl halides is 3. The van der Waals surface area contributed by atoms with Gasteiger partial charge in [-0.25, -0.2) is 4.79 Å². The second-order valence-electron chi connectivity index (χ2n) is 3.19. The molecule has 0 aromatic carbocycles. The van der Waals surface area contributed by atoms with Gasteiger partial charge in [-0.3, -0.25) is 4.79 Å². The van der Waals surface area contributed by atoms with Crippen LogP contribution in [0.2, 0.25) is 0 Å². The summed E-state index contributed by atoms with van der Waals surface area (Å²) in [5, 5.41) is 9.61. The van der Waals surface area contributed by atoms with Crippen molar-refractivity contribution in [3.63, 3.8) is 0 Å².